The van der Waals surface area contributed by atoms with E-state index < -0.39 is 11.9 Å². The van der Waals surface area contributed by atoms with Gasteiger partial charge in [0.25, 0.3) is 5.91 Å². The first-order valence-electron chi connectivity index (χ1n) is 7.37. The second-order valence-electron chi connectivity index (χ2n) is 4.90. The van der Waals surface area contributed by atoms with E-state index in [0.29, 0.717) is 5.69 Å². The topological polar surface area (TPSA) is 79.2 Å². The van der Waals surface area contributed by atoms with Gasteiger partial charge in [0.15, 0.2) is 6.61 Å². The van der Waals surface area contributed by atoms with Crippen LogP contribution in [-0.2, 0) is 14.3 Å². The minimum atomic E-state index is -0.574. The van der Waals surface area contributed by atoms with Crippen molar-refractivity contribution >= 4 is 46.7 Å². The van der Waals surface area contributed by atoms with E-state index in [-0.39, 0.29) is 12.4 Å². The predicted octanol–water partition coefficient (Wildman–Crippen LogP) is 3.87. The van der Waals surface area contributed by atoms with Crippen LogP contribution < -0.4 is 5.32 Å². The molecule has 0 unspecified atom stereocenters. The van der Waals surface area contributed by atoms with Crippen molar-refractivity contribution < 1.29 is 14.3 Å². The molecule has 0 aliphatic rings. The molecule has 0 radical (unpaired) electrons. The number of carbonyl (C=O) groups excluding carboxylic acids is 2. The van der Waals surface area contributed by atoms with Crippen molar-refractivity contribution in [3.63, 3.8) is 0 Å². The van der Waals surface area contributed by atoms with Gasteiger partial charge in [-0.25, -0.2) is 4.79 Å². The van der Waals surface area contributed by atoms with Gasteiger partial charge in [0.05, 0.1) is 17.5 Å². The predicted molar refractivity (Wildman–Crippen MR) is 100 cm³/mol. The van der Waals surface area contributed by atoms with Crippen molar-refractivity contribution in [3.8, 4) is 6.07 Å². The van der Waals surface area contributed by atoms with Crippen molar-refractivity contribution in [2.75, 3.05) is 17.7 Å². The lowest BCUT2D eigenvalue weighted by Crippen LogP contribution is -2.20. The smallest absolute Gasteiger partial charge is 0.331 e. The number of nitrogens with zero attached hydrogens (tertiary/aromatic N) is 1. The highest BCUT2D eigenvalue weighted by atomic mass is 32.2. The molecule has 0 bridgehead atoms. The van der Waals surface area contributed by atoms with Crippen molar-refractivity contribution in [2.24, 2.45) is 0 Å². The molecule has 5 nitrogen and oxygen atoms in total. The lowest BCUT2D eigenvalue weighted by atomic mass is 10.3. The first-order chi connectivity index (χ1) is 12.1. The zero-order valence-electron chi connectivity index (χ0n) is 13.5. The molecule has 2 aromatic rings. The molecular weight excluding hydrogens is 356 g/mol. The van der Waals surface area contributed by atoms with Crippen LogP contribution >= 0.6 is 23.1 Å². The van der Waals surface area contributed by atoms with Crippen LogP contribution in [0.3, 0.4) is 0 Å². The molecule has 0 atom stereocenters. The van der Waals surface area contributed by atoms with Gasteiger partial charge in [-0.3, -0.25) is 4.79 Å². The fourth-order valence-corrected chi connectivity index (χ4v) is 3.36. The van der Waals surface area contributed by atoms with Crippen LogP contribution in [0.4, 0.5) is 5.69 Å². The van der Waals surface area contributed by atoms with Gasteiger partial charge in [-0.15, -0.1) is 23.1 Å². The number of nitriles is 1. The number of hydrogen-bond acceptors (Lipinski definition) is 6. The molecule has 1 aromatic carbocycles. The number of amides is 1. The lowest BCUT2D eigenvalue weighted by molar-refractivity contribution is -0.142. The maximum absolute atomic E-state index is 11.9. The minimum absolute atomic E-state index is 0.287. The Bertz CT molecular complexity index is 822. The number of para-hydroxylation sites is 1. The zero-order chi connectivity index (χ0) is 18.1. The molecule has 0 aliphatic carbocycles. The Morgan fingerprint density at radius 1 is 1.36 bits per heavy atom. The van der Waals surface area contributed by atoms with Crippen molar-refractivity contribution in [1.29, 1.82) is 5.26 Å². The number of thioether (sulfide) groups is 1. The third-order valence-electron chi connectivity index (χ3n) is 3.07. The average Bonchev–Trinajstić information content (AvgIpc) is 3.02. The van der Waals surface area contributed by atoms with Gasteiger partial charge in [-0.2, -0.15) is 5.26 Å². The first-order valence-corrected chi connectivity index (χ1v) is 9.24. The largest absolute Gasteiger partial charge is 0.452 e. The van der Waals surface area contributed by atoms with E-state index in [4.69, 9.17) is 10.00 Å². The molecule has 0 aliphatic heterocycles. The molecule has 1 N–H and O–H groups in total. The van der Waals surface area contributed by atoms with Crippen LogP contribution in [0.5, 0.6) is 0 Å². The number of anilines is 1. The number of esters is 1. The number of nitrogens with one attached hydrogen (secondary N) is 1. The number of ether oxygens (including phenoxy) is 1. The van der Waals surface area contributed by atoms with Gasteiger partial charge < -0.3 is 10.1 Å². The second kappa shape index (κ2) is 9.67. The summed E-state index contributed by atoms with van der Waals surface area (Å²) in [5.74, 6) is -0.719. The van der Waals surface area contributed by atoms with E-state index >= 15 is 0 Å². The van der Waals surface area contributed by atoms with Crippen LogP contribution in [0.25, 0.3) is 6.08 Å². The zero-order valence-corrected chi connectivity index (χ0v) is 15.2. The summed E-state index contributed by atoms with van der Waals surface area (Å²) < 4.78 is 4.94. The van der Waals surface area contributed by atoms with E-state index in [0.717, 1.165) is 15.3 Å². The summed E-state index contributed by atoms with van der Waals surface area (Å²) in [5.41, 5.74) is 1.67. The second-order valence-corrected chi connectivity index (χ2v) is 6.86. The molecule has 1 aromatic heterocycles. The molecule has 0 spiro atoms. The van der Waals surface area contributed by atoms with Crippen LogP contribution in [0.1, 0.15) is 10.4 Å². The summed E-state index contributed by atoms with van der Waals surface area (Å²) in [5, 5.41) is 13.3. The highest BCUT2D eigenvalue weighted by Crippen LogP contribution is 2.26. The van der Waals surface area contributed by atoms with E-state index in [1.165, 1.54) is 29.2 Å². The summed E-state index contributed by atoms with van der Waals surface area (Å²) in [6, 6.07) is 11.2. The van der Waals surface area contributed by atoms with Crippen molar-refractivity contribution in [1.82, 2.24) is 0 Å². The van der Waals surface area contributed by atoms with Crippen LogP contribution in [0, 0.1) is 18.3 Å². The quantitative estimate of drug-likeness (QED) is 0.453. The molecule has 1 amide bonds. The monoisotopic (exact) mass is 372 g/mol. The molecule has 0 fully saturated rings. The van der Waals surface area contributed by atoms with Gasteiger partial charge in [0.2, 0.25) is 0 Å². The molecule has 0 saturated carbocycles. The third kappa shape index (κ3) is 6.10. The molecular formula is C18H16N2O3S2. The molecule has 25 heavy (non-hydrogen) atoms. The number of rotatable bonds is 7. The Morgan fingerprint density at radius 3 is 2.88 bits per heavy atom. The maximum atomic E-state index is 11.9. The highest BCUT2D eigenvalue weighted by Gasteiger charge is 2.09. The van der Waals surface area contributed by atoms with Gasteiger partial charge >= 0.3 is 5.97 Å². The molecule has 1 heterocycles. The van der Waals surface area contributed by atoms with E-state index in [2.05, 4.69) is 5.32 Å². The number of aryl methyl sites for hydroxylation is 1. The van der Waals surface area contributed by atoms with Crippen LogP contribution in [0.15, 0.2) is 46.7 Å². The van der Waals surface area contributed by atoms with Crippen molar-refractivity contribution in [3.05, 3.63) is 52.2 Å². The van der Waals surface area contributed by atoms with E-state index in [9.17, 15) is 9.59 Å². The molecule has 2 rings (SSSR count). The van der Waals surface area contributed by atoms with Gasteiger partial charge in [0, 0.05) is 15.8 Å². The Hall–Kier alpha value is -2.56. The number of benzene rings is 1. The SMILES string of the molecule is Cc1ccsc1/C=C/C(=O)OCC(=O)Nc1ccccc1SCC#N. The fraction of sp³-hybridized carbons (Fsp3) is 0.167. The summed E-state index contributed by atoms with van der Waals surface area (Å²) in [6.45, 7) is 1.58. The van der Waals surface area contributed by atoms with E-state index in [1.54, 1.807) is 18.2 Å². The van der Waals surface area contributed by atoms with Crippen molar-refractivity contribution in [2.45, 2.75) is 11.8 Å². The Balaban J connectivity index is 1.85. The summed E-state index contributed by atoms with van der Waals surface area (Å²) in [6.07, 6.45) is 2.98. The highest BCUT2D eigenvalue weighted by molar-refractivity contribution is 7.99. The summed E-state index contributed by atoms with van der Waals surface area (Å²) >= 11 is 2.85. The van der Waals surface area contributed by atoms with Gasteiger partial charge in [-0.05, 0) is 42.1 Å². The first kappa shape index (κ1) is 18.8. The molecule has 128 valence electrons. The van der Waals surface area contributed by atoms with Crippen LogP contribution in [0.2, 0.25) is 0 Å². The maximum Gasteiger partial charge on any atom is 0.331 e. The van der Waals surface area contributed by atoms with E-state index in [1.807, 2.05) is 36.6 Å². The average molecular weight is 372 g/mol. The lowest BCUT2D eigenvalue weighted by Gasteiger charge is -2.09. The number of hydrogen-bond donors (Lipinski definition) is 1. The van der Waals surface area contributed by atoms with Gasteiger partial charge in [0.1, 0.15) is 0 Å². The standard InChI is InChI=1S/C18H16N2O3S2/c1-13-8-10-24-15(13)6-7-18(22)23-12-17(21)20-14-4-2-3-5-16(14)25-11-9-19/h2-8,10H,11-12H2,1H3,(H,20,21)/b7-6+. The third-order valence-corrected chi connectivity index (χ3v) is 5.00. The summed E-state index contributed by atoms with van der Waals surface area (Å²) in [7, 11) is 0. The number of thiophene rings is 1. The molecule has 0 saturated heterocycles. The Morgan fingerprint density at radius 2 is 2.16 bits per heavy atom. The number of carbonyl (C=O) groups is 2. The molecule has 7 heteroatoms. The van der Waals surface area contributed by atoms with Gasteiger partial charge in [-0.1, -0.05) is 12.1 Å². The van der Waals surface area contributed by atoms with Crippen LogP contribution in [-0.4, -0.2) is 24.2 Å². The minimum Gasteiger partial charge on any atom is -0.452 e. The fourth-order valence-electron chi connectivity index (χ4n) is 1.88. The normalized spacial score (nSPS) is 10.4. The summed E-state index contributed by atoms with van der Waals surface area (Å²) in [4.78, 5) is 25.4. The Kier molecular flexibility index (Phi) is 7.26. The Labute approximate surface area is 154 Å².